The first-order valence-corrected chi connectivity index (χ1v) is 7.67. The maximum absolute atomic E-state index is 3.75. The summed E-state index contributed by atoms with van der Waals surface area (Å²) in [4.78, 5) is 0. The van der Waals surface area contributed by atoms with Gasteiger partial charge >= 0.3 is 0 Å². The second-order valence-electron chi connectivity index (χ2n) is 6.57. The zero-order chi connectivity index (χ0) is 13.0. The molecule has 102 valence electrons. The second-order valence-corrected chi connectivity index (χ2v) is 6.57. The molecule has 0 aliphatic rings. The lowest BCUT2D eigenvalue weighted by Gasteiger charge is -2.17. The first kappa shape index (κ1) is 16.7. The topological polar surface area (TPSA) is 0 Å². The summed E-state index contributed by atoms with van der Waals surface area (Å²) in [6.07, 6.45) is 17.4. The molecular formula is C17H34. The Balaban J connectivity index is 3.01. The third-order valence-corrected chi connectivity index (χ3v) is 3.34. The highest BCUT2D eigenvalue weighted by molar-refractivity contribution is 4.65. The highest BCUT2D eigenvalue weighted by Gasteiger charge is 2.08. The van der Waals surface area contributed by atoms with Gasteiger partial charge in [0, 0.05) is 0 Å². The second kappa shape index (κ2) is 10.9. The van der Waals surface area contributed by atoms with Crippen molar-refractivity contribution in [1.82, 2.24) is 0 Å². The average Bonchev–Trinajstić information content (AvgIpc) is 2.24. The van der Waals surface area contributed by atoms with Gasteiger partial charge in [-0.05, 0) is 24.7 Å². The van der Waals surface area contributed by atoms with Gasteiger partial charge in [-0.1, -0.05) is 78.2 Å². The minimum absolute atomic E-state index is 0.533. The van der Waals surface area contributed by atoms with Gasteiger partial charge in [0.2, 0.25) is 0 Å². The molecule has 0 radical (unpaired) electrons. The van der Waals surface area contributed by atoms with Crippen LogP contribution in [0, 0.1) is 5.41 Å². The summed E-state index contributed by atoms with van der Waals surface area (Å²) < 4.78 is 0. The average molecular weight is 238 g/mol. The molecule has 0 atom stereocenters. The van der Waals surface area contributed by atoms with E-state index in [9.17, 15) is 0 Å². The lowest BCUT2D eigenvalue weighted by Crippen LogP contribution is -2.03. The molecule has 0 heterocycles. The van der Waals surface area contributed by atoms with E-state index in [0.717, 1.165) is 0 Å². The normalized spacial score (nSPS) is 11.7. The van der Waals surface area contributed by atoms with Crippen LogP contribution in [0.25, 0.3) is 0 Å². The van der Waals surface area contributed by atoms with Gasteiger partial charge in [-0.15, -0.1) is 6.58 Å². The van der Waals surface area contributed by atoms with Crippen molar-refractivity contribution in [2.45, 2.75) is 91.4 Å². The van der Waals surface area contributed by atoms with Crippen molar-refractivity contribution < 1.29 is 0 Å². The lowest BCUT2D eigenvalue weighted by atomic mass is 9.89. The minimum atomic E-state index is 0.533. The molecule has 0 N–H and O–H groups in total. The summed E-state index contributed by atoms with van der Waals surface area (Å²) in [7, 11) is 0. The molecule has 0 fully saturated rings. The summed E-state index contributed by atoms with van der Waals surface area (Å²) in [5.74, 6) is 0. The number of unbranched alkanes of at least 4 members (excludes halogenated alkanes) is 9. The highest BCUT2D eigenvalue weighted by Crippen LogP contribution is 2.22. The van der Waals surface area contributed by atoms with Gasteiger partial charge < -0.3 is 0 Å². The minimum Gasteiger partial charge on any atom is -0.103 e. The number of hydrogen-bond donors (Lipinski definition) is 0. The Morgan fingerprint density at radius 1 is 0.706 bits per heavy atom. The molecule has 0 rings (SSSR count). The molecule has 0 amide bonds. The monoisotopic (exact) mass is 238 g/mol. The quantitative estimate of drug-likeness (QED) is 0.284. The van der Waals surface area contributed by atoms with Crippen LogP contribution in [-0.2, 0) is 0 Å². The molecule has 0 bridgehead atoms. The van der Waals surface area contributed by atoms with Crippen LogP contribution in [0.15, 0.2) is 12.7 Å². The Hall–Kier alpha value is -0.260. The molecule has 0 heteroatoms. The molecular weight excluding hydrogens is 204 g/mol. The van der Waals surface area contributed by atoms with Crippen LogP contribution in [0.4, 0.5) is 0 Å². The van der Waals surface area contributed by atoms with Crippen LogP contribution in [0.1, 0.15) is 91.4 Å². The van der Waals surface area contributed by atoms with Crippen molar-refractivity contribution in [3.63, 3.8) is 0 Å². The van der Waals surface area contributed by atoms with Crippen molar-refractivity contribution in [1.29, 1.82) is 0 Å². The van der Waals surface area contributed by atoms with Gasteiger partial charge in [-0.25, -0.2) is 0 Å². The molecule has 0 saturated heterocycles. The van der Waals surface area contributed by atoms with Gasteiger partial charge in [0.15, 0.2) is 0 Å². The molecule has 0 aliphatic carbocycles. The van der Waals surface area contributed by atoms with E-state index >= 15 is 0 Å². The van der Waals surface area contributed by atoms with E-state index in [1.165, 1.54) is 70.6 Å². The van der Waals surface area contributed by atoms with Crippen LogP contribution in [0.5, 0.6) is 0 Å². The summed E-state index contributed by atoms with van der Waals surface area (Å²) in [5.41, 5.74) is 0.533. The molecule has 17 heavy (non-hydrogen) atoms. The number of allylic oxidation sites excluding steroid dienone is 1. The SMILES string of the molecule is C=CCCCCCCCCCCCC(C)(C)C. The maximum atomic E-state index is 3.75. The Kier molecular flexibility index (Phi) is 10.7. The molecule has 0 aromatic rings. The van der Waals surface area contributed by atoms with Crippen molar-refractivity contribution in [2.75, 3.05) is 0 Å². The molecule has 0 nitrogen and oxygen atoms in total. The van der Waals surface area contributed by atoms with Gasteiger partial charge in [-0.2, -0.15) is 0 Å². The number of rotatable bonds is 11. The van der Waals surface area contributed by atoms with E-state index in [2.05, 4.69) is 27.4 Å². The van der Waals surface area contributed by atoms with E-state index in [1.807, 2.05) is 6.08 Å². The van der Waals surface area contributed by atoms with E-state index < -0.39 is 0 Å². The predicted octanol–water partition coefficient (Wildman–Crippen LogP) is 6.51. The van der Waals surface area contributed by atoms with Gasteiger partial charge in [0.25, 0.3) is 0 Å². The molecule has 0 aromatic heterocycles. The highest BCUT2D eigenvalue weighted by atomic mass is 14.1. The van der Waals surface area contributed by atoms with E-state index in [1.54, 1.807) is 0 Å². The molecule has 0 spiro atoms. The fraction of sp³-hybridized carbons (Fsp3) is 0.882. The molecule has 0 unspecified atom stereocenters. The predicted molar refractivity (Wildman–Crippen MR) is 80.4 cm³/mol. The zero-order valence-electron chi connectivity index (χ0n) is 12.6. The summed E-state index contributed by atoms with van der Waals surface area (Å²) in [6.45, 7) is 10.8. The van der Waals surface area contributed by atoms with Crippen molar-refractivity contribution >= 4 is 0 Å². The molecule has 0 aliphatic heterocycles. The third-order valence-electron chi connectivity index (χ3n) is 3.34. The van der Waals surface area contributed by atoms with Crippen molar-refractivity contribution in [3.8, 4) is 0 Å². The Bertz CT molecular complexity index is 161. The fourth-order valence-electron chi connectivity index (χ4n) is 2.18. The third kappa shape index (κ3) is 15.7. The molecule has 0 aromatic carbocycles. The van der Waals surface area contributed by atoms with Crippen LogP contribution >= 0.6 is 0 Å². The van der Waals surface area contributed by atoms with Crippen molar-refractivity contribution in [2.24, 2.45) is 5.41 Å². The van der Waals surface area contributed by atoms with E-state index in [-0.39, 0.29) is 0 Å². The van der Waals surface area contributed by atoms with Gasteiger partial charge in [0.1, 0.15) is 0 Å². The largest absolute Gasteiger partial charge is 0.103 e. The Morgan fingerprint density at radius 3 is 1.53 bits per heavy atom. The van der Waals surface area contributed by atoms with Gasteiger partial charge in [-0.3, -0.25) is 0 Å². The maximum Gasteiger partial charge on any atom is -0.0353 e. The summed E-state index contributed by atoms with van der Waals surface area (Å²) in [5, 5.41) is 0. The lowest BCUT2D eigenvalue weighted by molar-refractivity contribution is 0.356. The number of hydrogen-bond acceptors (Lipinski definition) is 0. The Morgan fingerprint density at radius 2 is 1.12 bits per heavy atom. The van der Waals surface area contributed by atoms with Crippen LogP contribution in [0.3, 0.4) is 0 Å². The smallest absolute Gasteiger partial charge is 0.0353 e. The van der Waals surface area contributed by atoms with E-state index in [0.29, 0.717) is 5.41 Å². The summed E-state index contributed by atoms with van der Waals surface area (Å²) >= 11 is 0. The molecule has 0 saturated carbocycles. The summed E-state index contributed by atoms with van der Waals surface area (Å²) in [6, 6.07) is 0. The first-order valence-electron chi connectivity index (χ1n) is 7.67. The van der Waals surface area contributed by atoms with Gasteiger partial charge in [0.05, 0.1) is 0 Å². The Labute approximate surface area is 110 Å². The fourth-order valence-corrected chi connectivity index (χ4v) is 2.18. The van der Waals surface area contributed by atoms with Crippen LogP contribution < -0.4 is 0 Å². The van der Waals surface area contributed by atoms with E-state index in [4.69, 9.17) is 0 Å². The van der Waals surface area contributed by atoms with Crippen LogP contribution in [-0.4, -0.2) is 0 Å². The zero-order valence-corrected chi connectivity index (χ0v) is 12.6. The standard InChI is InChI=1S/C17H34/c1-5-6-7-8-9-10-11-12-13-14-15-16-17(2,3)4/h5H,1,6-16H2,2-4H3. The first-order chi connectivity index (χ1) is 8.06. The van der Waals surface area contributed by atoms with Crippen molar-refractivity contribution in [3.05, 3.63) is 12.7 Å². The van der Waals surface area contributed by atoms with Crippen LogP contribution in [0.2, 0.25) is 0 Å².